The first-order chi connectivity index (χ1) is 13.0. The van der Waals surface area contributed by atoms with Crippen LogP contribution in [0.15, 0.2) is 54.0 Å². The zero-order valence-electron chi connectivity index (χ0n) is 16.5. The van der Waals surface area contributed by atoms with Crippen molar-refractivity contribution in [2.75, 3.05) is 11.8 Å². The van der Waals surface area contributed by atoms with Crippen LogP contribution in [0.2, 0.25) is 0 Å². The third kappa shape index (κ3) is 7.08. The maximum absolute atomic E-state index is 12.6. The van der Waals surface area contributed by atoms with Crippen LogP contribution in [-0.4, -0.2) is 22.5 Å². The van der Waals surface area contributed by atoms with Crippen LogP contribution in [0.1, 0.15) is 47.0 Å². The number of rotatable bonds is 7. The second kappa shape index (κ2) is 12.2. The van der Waals surface area contributed by atoms with Crippen LogP contribution in [-0.2, 0) is 31.9 Å². The van der Waals surface area contributed by atoms with Crippen LogP contribution in [0, 0.1) is 0 Å². The Morgan fingerprint density at radius 2 is 2.04 bits per heavy atom. The lowest BCUT2D eigenvalue weighted by molar-refractivity contribution is -0.136. The Balaban J connectivity index is 0.00000235. The van der Waals surface area contributed by atoms with Crippen LogP contribution in [0.3, 0.4) is 0 Å². The van der Waals surface area contributed by atoms with E-state index in [-0.39, 0.29) is 6.68 Å². The summed E-state index contributed by atoms with van der Waals surface area (Å²) in [6.07, 6.45) is 4.24. The lowest BCUT2D eigenvalue weighted by Gasteiger charge is -2.22. The highest BCUT2D eigenvalue weighted by Crippen LogP contribution is 2.25. The second-order valence-corrected chi connectivity index (χ2v) is 7.06. The number of ether oxygens (including phenoxy) is 2. The minimum Gasteiger partial charge on any atom is -0.486 e. The molecule has 6 heteroatoms. The molecule has 1 aromatic rings. The quantitative estimate of drug-likeness (QED) is 0.407. The van der Waals surface area contributed by atoms with Gasteiger partial charge >= 0.3 is 5.97 Å². The average molecular weight is 394 g/mol. The van der Waals surface area contributed by atoms with Gasteiger partial charge in [0.05, 0.1) is 17.9 Å². The first-order valence-corrected chi connectivity index (χ1v) is 10.3. The van der Waals surface area contributed by atoms with Gasteiger partial charge in [-0.1, -0.05) is 44.4 Å². The number of methoxy groups -OCH3 is 1. The van der Waals surface area contributed by atoms with Crippen molar-refractivity contribution < 1.29 is 19.9 Å². The number of carbonyl (C=O) groups is 1. The molecule has 0 bridgehead atoms. The summed E-state index contributed by atoms with van der Waals surface area (Å²) in [6.45, 7) is 9.74. The van der Waals surface area contributed by atoms with E-state index in [2.05, 4.69) is 17.0 Å². The molecule has 1 aliphatic carbocycles. The fraction of sp³-hybridized carbons (Fsp3) is 0.429. The number of benzene rings is 1. The molecule has 2 atom stereocenters. The van der Waals surface area contributed by atoms with Crippen molar-refractivity contribution in [3.05, 3.63) is 59.5 Å². The molecule has 5 nitrogen and oxygen atoms in total. The van der Waals surface area contributed by atoms with Gasteiger partial charge in [0.25, 0.3) is 0 Å². The number of nitrogens with one attached hydrogen (secondary N) is 1. The monoisotopic (exact) mass is 393 g/mol. The van der Waals surface area contributed by atoms with Gasteiger partial charge in [0.2, 0.25) is 0 Å². The highest BCUT2D eigenvalue weighted by molar-refractivity contribution is 7.87. The lowest BCUT2D eigenvalue weighted by Crippen LogP contribution is -2.30. The van der Waals surface area contributed by atoms with Crippen LogP contribution in [0.5, 0.6) is 0 Å². The molecule has 1 N–H and O–H groups in total. The molecule has 150 valence electrons. The van der Waals surface area contributed by atoms with Crippen molar-refractivity contribution in [3.63, 3.8) is 0 Å². The highest BCUT2D eigenvalue weighted by Gasteiger charge is 2.29. The molecule has 1 aromatic carbocycles. The van der Waals surface area contributed by atoms with Crippen LogP contribution in [0.4, 0.5) is 5.69 Å². The molecule has 1 aliphatic rings. The zero-order valence-corrected chi connectivity index (χ0v) is 17.4. The minimum atomic E-state index is -1.40. The normalized spacial score (nSPS) is 16.6. The van der Waals surface area contributed by atoms with Crippen LogP contribution >= 0.6 is 0 Å². The molecule has 0 aliphatic heterocycles. The van der Waals surface area contributed by atoms with Gasteiger partial charge in [0, 0.05) is 14.0 Å². The van der Waals surface area contributed by atoms with Crippen molar-refractivity contribution in [2.24, 2.45) is 0 Å². The molecule has 0 amide bonds. The standard InChI is InChI=1S/C19H23NO4S.C2H6.H2/c1-4-14(2)24-13-15-9-11-16(12-10-15)20-25(22)18-8-6-5-7-17(18)19(21)23-3;1-2;/h7,9-12,18,20H,1,5-6,8,13H2,2-3H3;1-2H3;1H. The topological polar surface area (TPSA) is 64.6 Å². The lowest BCUT2D eigenvalue weighted by atomic mass is 9.99. The van der Waals surface area contributed by atoms with E-state index >= 15 is 0 Å². The second-order valence-electron chi connectivity index (χ2n) is 5.69. The van der Waals surface area contributed by atoms with E-state index in [0.717, 1.165) is 24.1 Å². The van der Waals surface area contributed by atoms with Gasteiger partial charge in [-0.2, -0.15) is 0 Å². The summed E-state index contributed by atoms with van der Waals surface area (Å²) < 4.78 is 25.9. The number of anilines is 1. The highest BCUT2D eigenvalue weighted by atomic mass is 32.2. The van der Waals surface area contributed by atoms with Gasteiger partial charge in [0.1, 0.15) is 23.4 Å². The summed E-state index contributed by atoms with van der Waals surface area (Å²) in [7, 11) is -0.0590. The van der Waals surface area contributed by atoms with Crippen molar-refractivity contribution >= 4 is 22.6 Å². The third-order valence-electron chi connectivity index (χ3n) is 3.94. The van der Waals surface area contributed by atoms with Crippen LogP contribution < -0.4 is 4.72 Å². The zero-order chi connectivity index (χ0) is 20.2. The van der Waals surface area contributed by atoms with Gasteiger partial charge in [-0.15, -0.1) is 0 Å². The SMILES string of the molecule is C=C=C(C)OCc1ccc(NS(=O)C2CCCC=C2C(=O)OC)cc1.CC.[HH]. The van der Waals surface area contributed by atoms with E-state index in [1.165, 1.54) is 7.11 Å². The first kappa shape index (κ1) is 22.7. The molecular weight excluding hydrogens is 362 g/mol. The molecule has 0 radical (unpaired) electrons. The molecule has 0 heterocycles. The van der Waals surface area contributed by atoms with Crippen molar-refractivity contribution in [2.45, 2.75) is 51.9 Å². The molecule has 0 saturated carbocycles. The summed E-state index contributed by atoms with van der Waals surface area (Å²) in [4.78, 5) is 11.9. The van der Waals surface area contributed by atoms with E-state index in [4.69, 9.17) is 9.47 Å². The summed E-state index contributed by atoms with van der Waals surface area (Å²) in [5.74, 6) is 0.237. The average Bonchev–Trinajstić information content (AvgIpc) is 2.73. The van der Waals surface area contributed by atoms with Gasteiger partial charge in [-0.25, -0.2) is 9.00 Å². The molecule has 2 rings (SSSR count). The minimum absolute atomic E-state index is 0. The van der Waals surface area contributed by atoms with E-state index in [9.17, 15) is 9.00 Å². The Bertz CT molecular complexity index is 724. The Kier molecular flexibility index (Phi) is 10.2. The number of carbonyl (C=O) groups excluding carboxylic acids is 1. The van der Waals surface area contributed by atoms with Crippen LogP contribution in [0.25, 0.3) is 0 Å². The molecule has 27 heavy (non-hydrogen) atoms. The largest absolute Gasteiger partial charge is 0.486 e. The molecule has 0 saturated heterocycles. The molecule has 0 spiro atoms. The third-order valence-corrected chi connectivity index (χ3v) is 5.38. The van der Waals surface area contributed by atoms with E-state index < -0.39 is 17.0 Å². The summed E-state index contributed by atoms with van der Waals surface area (Å²) >= 11 is 0. The van der Waals surface area contributed by atoms with E-state index in [1.54, 1.807) is 6.92 Å². The fourth-order valence-electron chi connectivity index (χ4n) is 2.50. The Hall–Kier alpha value is -2.30. The Labute approximate surface area is 166 Å². The fourth-order valence-corrected chi connectivity index (χ4v) is 3.82. The Morgan fingerprint density at radius 1 is 1.37 bits per heavy atom. The van der Waals surface area contributed by atoms with E-state index in [1.807, 2.05) is 44.2 Å². The number of hydrogen-bond acceptors (Lipinski definition) is 4. The maximum Gasteiger partial charge on any atom is 0.334 e. The summed E-state index contributed by atoms with van der Waals surface area (Å²) in [5, 5.41) is -0.357. The van der Waals surface area contributed by atoms with Crippen molar-refractivity contribution in [1.29, 1.82) is 0 Å². The van der Waals surface area contributed by atoms with Gasteiger partial charge < -0.3 is 14.2 Å². The predicted molar refractivity (Wildman–Crippen MR) is 113 cm³/mol. The number of esters is 1. The predicted octanol–water partition coefficient (Wildman–Crippen LogP) is 4.89. The maximum atomic E-state index is 12.6. The number of allylic oxidation sites excluding steroid dienone is 2. The van der Waals surface area contributed by atoms with Gasteiger partial charge in [-0.3, -0.25) is 0 Å². The van der Waals surface area contributed by atoms with Gasteiger partial charge in [0.15, 0.2) is 0 Å². The Morgan fingerprint density at radius 3 is 2.63 bits per heavy atom. The first-order valence-electron chi connectivity index (χ1n) is 9.09. The molecule has 0 aromatic heterocycles. The summed E-state index contributed by atoms with van der Waals surface area (Å²) in [5.41, 5.74) is 4.89. The van der Waals surface area contributed by atoms with E-state index in [0.29, 0.717) is 24.4 Å². The van der Waals surface area contributed by atoms with Gasteiger partial charge in [-0.05, 0) is 37.0 Å². The smallest absolute Gasteiger partial charge is 0.334 e. The molecular formula is C21H31NO4S. The molecule has 0 fully saturated rings. The number of hydrogen-bond donors (Lipinski definition) is 1. The molecule has 2 unspecified atom stereocenters. The van der Waals surface area contributed by atoms with Crippen molar-refractivity contribution in [1.82, 2.24) is 0 Å². The summed E-state index contributed by atoms with van der Waals surface area (Å²) in [6, 6.07) is 7.48. The van der Waals surface area contributed by atoms with Crippen molar-refractivity contribution in [3.8, 4) is 0 Å².